The molecule has 3 heteroatoms. The van der Waals surface area contributed by atoms with Crippen molar-refractivity contribution in [3.63, 3.8) is 0 Å². The first kappa shape index (κ1) is 14.4. The van der Waals surface area contributed by atoms with Crippen molar-refractivity contribution in [1.29, 1.82) is 0 Å². The van der Waals surface area contributed by atoms with Gasteiger partial charge in [0, 0.05) is 16.6 Å². The van der Waals surface area contributed by atoms with Crippen LogP contribution in [0.4, 0.5) is 15.9 Å². The summed E-state index contributed by atoms with van der Waals surface area (Å²) in [5, 5.41) is 5.44. The lowest BCUT2D eigenvalue weighted by atomic mass is 10.1. The van der Waals surface area contributed by atoms with Crippen molar-refractivity contribution >= 4 is 22.3 Å². The average Bonchev–Trinajstić information content (AvgIpc) is 2.64. The largest absolute Gasteiger partial charge is 0.340 e. The Hall–Kier alpha value is -3.20. The van der Waals surface area contributed by atoms with E-state index in [2.05, 4.69) is 17.4 Å². The van der Waals surface area contributed by atoms with Crippen molar-refractivity contribution in [2.24, 2.45) is 0 Å². The second-order valence-electron chi connectivity index (χ2n) is 5.58. The molecular weight excluding hydrogens is 299 g/mol. The van der Waals surface area contributed by atoms with Crippen molar-refractivity contribution in [3.8, 4) is 11.3 Å². The van der Waals surface area contributed by atoms with E-state index in [1.54, 1.807) is 12.1 Å². The number of benzene rings is 3. The van der Waals surface area contributed by atoms with Crippen LogP contribution in [-0.4, -0.2) is 4.98 Å². The second-order valence-corrected chi connectivity index (χ2v) is 5.58. The molecule has 0 aliphatic rings. The lowest BCUT2D eigenvalue weighted by molar-refractivity contribution is 0.628. The number of pyridine rings is 1. The van der Waals surface area contributed by atoms with E-state index in [0.717, 1.165) is 33.5 Å². The van der Waals surface area contributed by atoms with E-state index in [9.17, 15) is 4.39 Å². The summed E-state index contributed by atoms with van der Waals surface area (Å²) in [5.41, 5.74) is 2.77. The Balaban J connectivity index is 1.85. The highest BCUT2D eigenvalue weighted by Crippen LogP contribution is 2.29. The molecule has 1 heterocycles. The number of nitrogens with zero attached hydrogens (tertiary/aromatic N) is 1. The minimum absolute atomic E-state index is 0.253. The molecule has 1 aromatic heterocycles. The summed E-state index contributed by atoms with van der Waals surface area (Å²) in [5.74, 6) is 0.509. The molecule has 24 heavy (non-hydrogen) atoms. The molecule has 4 aromatic rings. The molecule has 4 rings (SSSR count). The van der Waals surface area contributed by atoms with Crippen LogP contribution >= 0.6 is 0 Å². The van der Waals surface area contributed by atoms with E-state index in [4.69, 9.17) is 4.98 Å². The molecule has 0 fully saturated rings. The van der Waals surface area contributed by atoms with Crippen LogP contribution in [0.15, 0.2) is 84.9 Å². The summed E-state index contributed by atoms with van der Waals surface area (Å²) in [6, 6.07) is 26.5. The Bertz CT molecular complexity index is 980. The van der Waals surface area contributed by atoms with Gasteiger partial charge in [-0.3, -0.25) is 0 Å². The molecule has 1 N–H and O–H groups in total. The number of hydrogen-bond donors (Lipinski definition) is 1. The zero-order chi connectivity index (χ0) is 16.4. The number of anilines is 2. The van der Waals surface area contributed by atoms with Gasteiger partial charge in [0.2, 0.25) is 0 Å². The summed E-state index contributed by atoms with van der Waals surface area (Å²) < 4.78 is 13.1. The van der Waals surface area contributed by atoms with Crippen molar-refractivity contribution in [2.75, 3.05) is 5.32 Å². The Morgan fingerprint density at radius 3 is 2.25 bits per heavy atom. The highest BCUT2D eigenvalue weighted by atomic mass is 19.1. The van der Waals surface area contributed by atoms with Gasteiger partial charge in [-0.1, -0.05) is 54.6 Å². The third kappa shape index (κ3) is 2.84. The van der Waals surface area contributed by atoms with Crippen LogP contribution < -0.4 is 5.32 Å². The normalized spacial score (nSPS) is 10.7. The summed E-state index contributed by atoms with van der Waals surface area (Å²) in [7, 11) is 0. The third-order valence-electron chi connectivity index (χ3n) is 3.92. The minimum Gasteiger partial charge on any atom is -0.340 e. The van der Waals surface area contributed by atoms with Gasteiger partial charge in [0.1, 0.15) is 11.6 Å². The number of aromatic nitrogens is 1. The molecule has 0 radical (unpaired) electrons. The van der Waals surface area contributed by atoms with Crippen molar-refractivity contribution < 1.29 is 4.39 Å². The molecule has 0 aliphatic carbocycles. The lowest BCUT2D eigenvalue weighted by Gasteiger charge is -2.12. The Morgan fingerprint density at radius 2 is 1.46 bits per heavy atom. The lowest BCUT2D eigenvalue weighted by Crippen LogP contribution is -1.97. The van der Waals surface area contributed by atoms with Crippen LogP contribution in [0.3, 0.4) is 0 Å². The molecule has 0 bridgehead atoms. The maximum atomic E-state index is 13.1. The fraction of sp³-hybridized carbons (Fsp3) is 0. The average molecular weight is 314 g/mol. The van der Waals surface area contributed by atoms with Crippen LogP contribution in [0.2, 0.25) is 0 Å². The third-order valence-corrected chi connectivity index (χ3v) is 3.92. The van der Waals surface area contributed by atoms with Gasteiger partial charge in [-0.05, 0) is 35.7 Å². The predicted octanol–water partition coefficient (Wildman–Crippen LogP) is 5.78. The van der Waals surface area contributed by atoms with E-state index in [0.29, 0.717) is 0 Å². The van der Waals surface area contributed by atoms with Crippen LogP contribution in [-0.2, 0) is 0 Å². The zero-order valence-electron chi connectivity index (χ0n) is 12.9. The van der Waals surface area contributed by atoms with Crippen molar-refractivity contribution in [2.45, 2.75) is 0 Å². The molecule has 0 atom stereocenters. The van der Waals surface area contributed by atoms with Crippen LogP contribution in [0, 0.1) is 5.82 Å². The fourth-order valence-corrected chi connectivity index (χ4v) is 2.72. The van der Waals surface area contributed by atoms with E-state index in [1.165, 1.54) is 12.1 Å². The molecule has 0 unspecified atom stereocenters. The van der Waals surface area contributed by atoms with E-state index in [-0.39, 0.29) is 5.82 Å². The smallest absolute Gasteiger partial charge is 0.138 e. The monoisotopic (exact) mass is 314 g/mol. The summed E-state index contributed by atoms with van der Waals surface area (Å²) in [6.45, 7) is 0. The highest BCUT2D eigenvalue weighted by Gasteiger charge is 2.08. The van der Waals surface area contributed by atoms with Crippen LogP contribution in [0.5, 0.6) is 0 Å². The van der Waals surface area contributed by atoms with Crippen LogP contribution in [0.25, 0.3) is 22.0 Å². The SMILES string of the molecule is Fc1ccc(Nc2nc(-c3ccccc3)cc3ccccc23)cc1. The number of rotatable bonds is 3. The molecule has 0 amide bonds. The molecule has 0 spiro atoms. The quantitative estimate of drug-likeness (QED) is 0.518. The van der Waals surface area contributed by atoms with Gasteiger partial charge in [-0.25, -0.2) is 9.37 Å². The topological polar surface area (TPSA) is 24.9 Å². The number of halogens is 1. The number of fused-ring (bicyclic) bond motifs is 1. The first-order valence-corrected chi connectivity index (χ1v) is 7.77. The van der Waals surface area contributed by atoms with Gasteiger partial charge in [0.05, 0.1) is 5.69 Å². The molecule has 116 valence electrons. The van der Waals surface area contributed by atoms with Gasteiger partial charge >= 0.3 is 0 Å². The maximum Gasteiger partial charge on any atom is 0.138 e. The molecule has 0 saturated carbocycles. The summed E-state index contributed by atoms with van der Waals surface area (Å²) in [4.78, 5) is 4.78. The van der Waals surface area contributed by atoms with Gasteiger partial charge in [-0.15, -0.1) is 0 Å². The van der Waals surface area contributed by atoms with E-state index in [1.807, 2.05) is 48.5 Å². The molecule has 2 nitrogen and oxygen atoms in total. The van der Waals surface area contributed by atoms with Crippen molar-refractivity contribution in [3.05, 3.63) is 90.7 Å². The zero-order valence-corrected chi connectivity index (χ0v) is 12.9. The predicted molar refractivity (Wildman–Crippen MR) is 96.9 cm³/mol. The number of hydrogen-bond acceptors (Lipinski definition) is 2. The first-order chi connectivity index (χ1) is 11.8. The van der Waals surface area contributed by atoms with Gasteiger partial charge in [0.15, 0.2) is 0 Å². The molecular formula is C21H15FN2. The highest BCUT2D eigenvalue weighted by molar-refractivity contribution is 5.95. The molecule has 0 saturated heterocycles. The van der Waals surface area contributed by atoms with Gasteiger partial charge < -0.3 is 5.32 Å². The van der Waals surface area contributed by atoms with Gasteiger partial charge in [0.25, 0.3) is 0 Å². The molecule has 3 aromatic carbocycles. The maximum absolute atomic E-state index is 13.1. The first-order valence-electron chi connectivity index (χ1n) is 7.77. The van der Waals surface area contributed by atoms with E-state index >= 15 is 0 Å². The molecule has 0 aliphatic heterocycles. The summed E-state index contributed by atoms with van der Waals surface area (Å²) >= 11 is 0. The second kappa shape index (κ2) is 6.13. The summed E-state index contributed by atoms with van der Waals surface area (Å²) in [6.07, 6.45) is 0. The Labute approximate surface area is 139 Å². The minimum atomic E-state index is -0.253. The van der Waals surface area contributed by atoms with Crippen molar-refractivity contribution in [1.82, 2.24) is 4.98 Å². The van der Waals surface area contributed by atoms with E-state index < -0.39 is 0 Å². The Morgan fingerprint density at radius 1 is 0.750 bits per heavy atom. The Kier molecular flexibility index (Phi) is 3.67. The number of nitrogens with one attached hydrogen (secondary N) is 1. The standard InChI is InChI=1S/C21H15FN2/c22-17-10-12-18(13-11-17)23-21-19-9-5-4-8-16(19)14-20(24-21)15-6-2-1-3-7-15/h1-14H,(H,23,24). The van der Waals surface area contributed by atoms with Gasteiger partial charge in [-0.2, -0.15) is 0 Å². The fourth-order valence-electron chi connectivity index (χ4n) is 2.72. The van der Waals surface area contributed by atoms with Crippen LogP contribution in [0.1, 0.15) is 0 Å².